The van der Waals surface area contributed by atoms with Crippen LogP contribution in [0.2, 0.25) is 0 Å². The molecule has 0 bridgehead atoms. The van der Waals surface area contributed by atoms with Crippen molar-refractivity contribution < 1.29 is 0 Å². The first kappa shape index (κ1) is 15.3. The molecule has 5 aromatic rings. The monoisotopic (exact) mass is 350 g/mol. The minimum absolute atomic E-state index is 0.607. The Morgan fingerprint density at radius 2 is 1.41 bits per heavy atom. The van der Waals surface area contributed by atoms with Crippen LogP contribution in [0, 0.1) is 0 Å². The van der Waals surface area contributed by atoms with Gasteiger partial charge in [0.2, 0.25) is 5.82 Å². The highest BCUT2D eigenvalue weighted by molar-refractivity contribution is 5.70. The Labute approximate surface area is 154 Å². The predicted octanol–water partition coefficient (Wildman–Crippen LogP) is 2.80. The first-order valence-corrected chi connectivity index (χ1v) is 8.55. The van der Waals surface area contributed by atoms with Gasteiger partial charge in [-0.1, -0.05) is 42.5 Å². The fourth-order valence-corrected chi connectivity index (χ4v) is 3.00. The molecule has 0 saturated heterocycles. The second kappa shape index (κ2) is 6.42. The van der Waals surface area contributed by atoms with E-state index in [9.17, 15) is 0 Å². The van der Waals surface area contributed by atoms with Crippen LogP contribution < -0.4 is 5.22 Å². The van der Waals surface area contributed by atoms with Crippen LogP contribution in [0.4, 0.5) is 0 Å². The van der Waals surface area contributed by atoms with Gasteiger partial charge in [0.15, 0.2) is 5.65 Å². The number of aromatic nitrogens is 6. The Hall–Kier alpha value is -3.93. The van der Waals surface area contributed by atoms with E-state index in [-0.39, 0.29) is 0 Å². The van der Waals surface area contributed by atoms with Gasteiger partial charge in [0.25, 0.3) is 0 Å². The molecule has 0 spiro atoms. The van der Waals surface area contributed by atoms with Gasteiger partial charge >= 0.3 is 0 Å². The molecule has 0 aliphatic carbocycles. The zero-order valence-electron chi connectivity index (χ0n) is 14.3. The van der Waals surface area contributed by atoms with E-state index in [1.165, 1.54) is 0 Å². The molecule has 27 heavy (non-hydrogen) atoms. The van der Waals surface area contributed by atoms with Crippen LogP contribution in [-0.2, 0) is 0 Å². The highest BCUT2D eigenvalue weighted by Gasteiger charge is 2.17. The second-order valence-corrected chi connectivity index (χ2v) is 6.01. The summed E-state index contributed by atoms with van der Waals surface area (Å²) in [5.41, 5.74) is 4.02. The molecule has 128 valence electrons. The molecule has 4 aromatic heterocycles. The van der Waals surface area contributed by atoms with Crippen LogP contribution in [0.5, 0.6) is 0 Å². The summed E-state index contributed by atoms with van der Waals surface area (Å²) in [5.74, 6) is 0.607. The van der Waals surface area contributed by atoms with Crippen molar-refractivity contribution >= 4 is 11.7 Å². The summed E-state index contributed by atoms with van der Waals surface area (Å²) >= 11 is 0. The van der Waals surface area contributed by atoms with Crippen LogP contribution in [0.3, 0.4) is 0 Å². The van der Waals surface area contributed by atoms with Crippen molar-refractivity contribution in [1.82, 2.24) is 29.8 Å². The van der Waals surface area contributed by atoms with Gasteiger partial charge in [-0.3, -0.25) is 9.97 Å². The van der Waals surface area contributed by atoms with Gasteiger partial charge in [0.05, 0.1) is 10.9 Å². The summed E-state index contributed by atoms with van der Waals surface area (Å²) in [6.07, 6.45) is 5.55. The van der Waals surface area contributed by atoms with Crippen LogP contribution in [0.25, 0.3) is 34.6 Å². The molecule has 0 unspecified atom stereocenters. The zero-order valence-corrected chi connectivity index (χ0v) is 14.3. The highest BCUT2D eigenvalue weighted by Crippen LogP contribution is 2.17. The minimum Gasteiger partial charge on any atom is -0.255 e. The molecule has 0 N–H and O–H groups in total. The Morgan fingerprint density at radius 1 is 0.704 bits per heavy atom. The van der Waals surface area contributed by atoms with Crippen LogP contribution >= 0.6 is 0 Å². The Morgan fingerprint density at radius 3 is 2.11 bits per heavy atom. The van der Waals surface area contributed by atoms with Gasteiger partial charge < -0.3 is 0 Å². The fourth-order valence-electron chi connectivity index (χ4n) is 3.00. The maximum absolute atomic E-state index is 4.77. The lowest BCUT2D eigenvalue weighted by Gasteiger charge is -1.96. The van der Waals surface area contributed by atoms with E-state index in [1.807, 2.05) is 66.7 Å². The van der Waals surface area contributed by atoms with Gasteiger partial charge in [0.1, 0.15) is 11.4 Å². The van der Waals surface area contributed by atoms with Gasteiger partial charge in [0, 0.05) is 12.4 Å². The van der Waals surface area contributed by atoms with E-state index in [2.05, 4.69) is 26.2 Å². The fraction of sp³-hybridized carbons (Fsp3) is 0. The van der Waals surface area contributed by atoms with E-state index in [0.717, 1.165) is 27.9 Å². The normalized spacial score (nSPS) is 11.9. The number of fused-ring (bicyclic) bond motifs is 1. The smallest absolute Gasteiger partial charge is 0.203 e. The Bertz CT molecular complexity index is 1250. The second-order valence-electron chi connectivity index (χ2n) is 6.01. The molecule has 0 fully saturated rings. The lowest BCUT2D eigenvalue weighted by Crippen LogP contribution is -2.04. The number of benzene rings is 1. The Balaban J connectivity index is 1.81. The minimum atomic E-state index is 0.607. The van der Waals surface area contributed by atoms with Gasteiger partial charge in [-0.15, -0.1) is 10.2 Å². The van der Waals surface area contributed by atoms with Crippen molar-refractivity contribution in [3.63, 3.8) is 0 Å². The average Bonchev–Trinajstić information content (AvgIpc) is 3.30. The highest BCUT2D eigenvalue weighted by atomic mass is 15.4. The van der Waals surface area contributed by atoms with Crippen molar-refractivity contribution in [2.45, 2.75) is 0 Å². The SMILES string of the molecule is C(/c1ccccc1)=c1\c(-c2ccccn2)nn2c(-c3ccccn3)nnc12. The number of hydrogen-bond donors (Lipinski definition) is 0. The molecule has 5 rings (SSSR count). The molecule has 6 heteroatoms. The summed E-state index contributed by atoms with van der Waals surface area (Å²) in [6, 6.07) is 21.5. The first-order chi connectivity index (χ1) is 13.4. The van der Waals surface area contributed by atoms with Gasteiger partial charge in [-0.2, -0.15) is 9.61 Å². The summed E-state index contributed by atoms with van der Waals surface area (Å²) in [7, 11) is 0. The van der Waals surface area contributed by atoms with E-state index < -0.39 is 0 Å². The van der Waals surface area contributed by atoms with Gasteiger partial charge in [-0.25, -0.2) is 0 Å². The molecule has 0 aliphatic rings. The topological polar surface area (TPSA) is 68.9 Å². The molecule has 1 aromatic carbocycles. The van der Waals surface area contributed by atoms with Gasteiger partial charge in [-0.05, 0) is 35.9 Å². The Kier molecular flexibility index (Phi) is 3.65. The maximum Gasteiger partial charge on any atom is 0.203 e. The molecular formula is C21H14N6. The first-order valence-electron chi connectivity index (χ1n) is 8.55. The van der Waals surface area contributed by atoms with Crippen molar-refractivity contribution in [2.75, 3.05) is 0 Å². The molecule has 0 radical (unpaired) electrons. The van der Waals surface area contributed by atoms with E-state index in [1.54, 1.807) is 16.9 Å². The van der Waals surface area contributed by atoms with Crippen LogP contribution in [-0.4, -0.2) is 29.8 Å². The zero-order chi connectivity index (χ0) is 18.1. The third-order valence-corrected chi connectivity index (χ3v) is 4.25. The molecule has 0 aliphatic heterocycles. The third kappa shape index (κ3) is 2.73. The van der Waals surface area contributed by atoms with Crippen molar-refractivity contribution in [2.24, 2.45) is 0 Å². The number of rotatable bonds is 3. The van der Waals surface area contributed by atoms with Crippen molar-refractivity contribution in [3.8, 4) is 22.9 Å². The molecule has 0 atom stereocenters. The predicted molar refractivity (Wildman–Crippen MR) is 102 cm³/mol. The van der Waals surface area contributed by atoms with Crippen LogP contribution in [0.15, 0.2) is 79.1 Å². The summed E-state index contributed by atoms with van der Waals surface area (Å²) in [6.45, 7) is 0. The average molecular weight is 350 g/mol. The van der Waals surface area contributed by atoms with Crippen molar-refractivity contribution in [1.29, 1.82) is 0 Å². The standard InChI is InChI=1S/C21H14N6/c1-2-8-15(9-3-1)14-16-19(17-10-4-6-12-22-17)26-27-20(16)24-25-21(27)18-11-5-7-13-23-18/h1-14H/b16-14-. The van der Waals surface area contributed by atoms with E-state index in [4.69, 9.17) is 5.10 Å². The number of pyridine rings is 2. The summed E-state index contributed by atoms with van der Waals surface area (Å²) in [4.78, 5) is 8.85. The van der Waals surface area contributed by atoms with Crippen molar-refractivity contribution in [3.05, 3.63) is 89.9 Å². The third-order valence-electron chi connectivity index (χ3n) is 4.25. The maximum atomic E-state index is 4.77. The summed E-state index contributed by atoms with van der Waals surface area (Å²) < 4.78 is 1.74. The molecule has 0 saturated carbocycles. The van der Waals surface area contributed by atoms with E-state index >= 15 is 0 Å². The molecular weight excluding hydrogens is 336 g/mol. The molecule has 0 amide bonds. The molecule has 6 nitrogen and oxygen atoms in total. The number of hydrogen-bond acceptors (Lipinski definition) is 5. The lowest BCUT2D eigenvalue weighted by atomic mass is 10.1. The van der Waals surface area contributed by atoms with Crippen LogP contribution in [0.1, 0.15) is 5.56 Å². The summed E-state index contributed by atoms with van der Waals surface area (Å²) in [5, 5.41) is 14.4. The number of nitrogens with zero attached hydrogens (tertiary/aromatic N) is 6. The quantitative estimate of drug-likeness (QED) is 0.500. The molecule has 4 heterocycles. The lowest BCUT2D eigenvalue weighted by molar-refractivity contribution is 0.958. The largest absolute Gasteiger partial charge is 0.255 e. The van der Waals surface area contributed by atoms with E-state index in [0.29, 0.717) is 11.5 Å².